The van der Waals surface area contributed by atoms with E-state index in [1.54, 1.807) is 0 Å². The zero-order valence-corrected chi connectivity index (χ0v) is 12.4. The summed E-state index contributed by atoms with van der Waals surface area (Å²) in [5.41, 5.74) is 0.315. The first kappa shape index (κ1) is 15.1. The van der Waals surface area contributed by atoms with Crippen LogP contribution in [0.2, 0.25) is 5.02 Å². The molecule has 0 bridgehead atoms. The Balaban J connectivity index is 1.96. The normalized spacial score (nSPS) is 22.5. The van der Waals surface area contributed by atoms with Crippen molar-refractivity contribution in [3.05, 3.63) is 28.8 Å². The van der Waals surface area contributed by atoms with E-state index >= 15 is 0 Å². The molecule has 1 amide bonds. The van der Waals surface area contributed by atoms with Gasteiger partial charge in [-0.2, -0.15) is 0 Å². The number of phenolic OH excluding ortho intramolecular Hbond substituents is 1. The van der Waals surface area contributed by atoms with Crippen LogP contribution in [-0.4, -0.2) is 30.1 Å². The molecule has 2 unspecified atom stereocenters. The fourth-order valence-corrected chi connectivity index (χ4v) is 2.94. The third-order valence-corrected chi connectivity index (χ3v) is 4.26. The van der Waals surface area contributed by atoms with E-state index in [4.69, 9.17) is 11.6 Å². The highest BCUT2D eigenvalue weighted by molar-refractivity contribution is 6.33. The molecule has 1 aromatic rings. The lowest BCUT2D eigenvalue weighted by molar-refractivity contribution is 0.0942. The summed E-state index contributed by atoms with van der Waals surface area (Å²) in [6.45, 7) is 3.77. The Labute approximate surface area is 124 Å². The first-order valence-electron chi connectivity index (χ1n) is 7.12. The van der Waals surface area contributed by atoms with Crippen molar-refractivity contribution in [2.75, 3.05) is 13.1 Å². The van der Waals surface area contributed by atoms with Crippen LogP contribution in [0.15, 0.2) is 18.2 Å². The number of rotatable bonds is 4. The average Bonchev–Trinajstić information content (AvgIpc) is 2.47. The summed E-state index contributed by atoms with van der Waals surface area (Å²) in [7, 11) is 0. The van der Waals surface area contributed by atoms with Crippen LogP contribution >= 0.6 is 11.6 Å². The van der Waals surface area contributed by atoms with Crippen LogP contribution in [0.3, 0.4) is 0 Å². The fraction of sp³-hybridized carbons (Fsp3) is 0.533. The van der Waals surface area contributed by atoms with Crippen LogP contribution in [-0.2, 0) is 0 Å². The molecule has 20 heavy (non-hydrogen) atoms. The van der Waals surface area contributed by atoms with Gasteiger partial charge in [-0.15, -0.1) is 0 Å². The molecule has 1 heterocycles. The highest BCUT2D eigenvalue weighted by Gasteiger charge is 2.23. The van der Waals surface area contributed by atoms with Crippen molar-refractivity contribution in [2.45, 2.75) is 32.2 Å². The van der Waals surface area contributed by atoms with E-state index in [-0.39, 0.29) is 11.7 Å². The number of phenols is 1. The van der Waals surface area contributed by atoms with Crippen molar-refractivity contribution in [1.82, 2.24) is 10.6 Å². The first-order chi connectivity index (χ1) is 9.61. The Bertz CT molecular complexity index is 479. The van der Waals surface area contributed by atoms with Gasteiger partial charge >= 0.3 is 0 Å². The van der Waals surface area contributed by atoms with E-state index in [9.17, 15) is 9.90 Å². The molecule has 3 N–H and O–H groups in total. The second-order valence-corrected chi connectivity index (χ2v) is 5.65. The van der Waals surface area contributed by atoms with Crippen LogP contribution in [0.5, 0.6) is 5.75 Å². The number of hydrogen-bond donors (Lipinski definition) is 3. The van der Waals surface area contributed by atoms with Crippen molar-refractivity contribution < 1.29 is 9.90 Å². The number of piperidine rings is 1. The summed E-state index contributed by atoms with van der Waals surface area (Å²) in [6.07, 6.45) is 3.51. The Morgan fingerprint density at radius 2 is 2.35 bits per heavy atom. The third-order valence-electron chi connectivity index (χ3n) is 3.93. The Morgan fingerprint density at radius 1 is 1.55 bits per heavy atom. The van der Waals surface area contributed by atoms with Crippen molar-refractivity contribution >= 4 is 17.5 Å². The molecule has 1 fully saturated rings. The maximum Gasteiger partial charge on any atom is 0.252 e. The molecule has 1 aliphatic rings. The number of halogens is 1. The van der Waals surface area contributed by atoms with Gasteiger partial charge in [0.25, 0.3) is 5.91 Å². The summed E-state index contributed by atoms with van der Waals surface area (Å²) in [6, 6.07) is 4.70. The van der Waals surface area contributed by atoms with Gasteiger partial charge in [0.15, 0.2) is 0 Å². The number of carbonyl (C=O) groups excluding carboxylic acids is 1. The topological polar surface area (TPSA) is 61.4 Å². The number of carbonyl (C=O) groups is 1. The predicted octanol–water partition coefficient (Wildman–Crippen LogP) is 2.55. The number of hydrogen-bond acceptors (Lipinski definition) is 3. The van der Waals surface area contributed by atoms with Gasteiger partial charge in [-0.05, 0) is 43.5 Å². The third kappa shape index (κ3) is 3.64. The van der Waals surface area contributed by atoms with E-state index in [1.165, 1.54) is 31.0 Å². The Morgan fingerprint density at radius 3 is 3.10 bits per heavy atom. The molecule has 2 atom stereocenters. The zero-order valence-electron chi connectivity index (χ0n) is 11.7. The van der Waals surface area contributed by atoms with Crippen LogP contribution in [0, 0.1) is 5.92 Å². The molecule has 110 valence electrons. The maximum absolute atomic E-state index is 12.1. The summed E-state index contributed by atoms with van der Waals surface area (Å²) < 4.78 is 0. The largest absolute Gasteiger partial charge is 0.508 e. The molecule has 0 radical (unpaired) electrons. The van der Waals surface area contributed by atoms with Crippen molar-refractivity contribution in [3.63, 3.8) is 0 Å². The summed E-state index contributed by atoms with van der Waals surface area (Å²) in [4.78, 5) is 12.1. The molecule has 2 rings (SSSR count). The molecule has 5 heteroatoms. The average molecular weight is 297 g/mol. The fourth-order valence-electron chi connectivity index (χ4n) is 2.73. The molecule has 1 aromatic carbocycles. The van der Waals surface area contributed by atoms with Gasteiger partial charge in [-0.3, -0.25) is 4.79 Å². The first-order valence-corrected chi connectivity index (χ1v) is 7.49. The monoisotopic (exact) mass is 296 g/mol. The number of nitrogens with one attached hydrogen (secondary N) is 2. The van der Waals surface area contributed by atoms with E-state index in [0.717, 1.165) is 13.0 Å². The molecule has 0 spiro atoms. The maximum atomic E-state index is 12.1. The van der Waals surface area contributed by atoms with Crippen molar-refractivity contribution in [2.24, 2.45) is 5.92 Å². The molecule has 0 saturated carbocycles. The lowest BCUT2D eigenvalue weighted by Crippen LogP contribution is -2.48. The molecule has 1 saturated heterocycles. The molecular formula is C15H21ClN2O2. The van der Waals surface area contributed by atoms with Crippen LogP contribution in [0.4, 0.5) is 0 Å². The second kappa shape index (κ2) is 6.95. The zero-order chi connectivity index (χ0) is 14.5. The minimum Gasteiger partial charge on any atom is -0.508 e. The Hall–Kier alpha value is -1.26. The van der Waals surface area contributed by atoms with Crippen LogP contribution in [0.1, 0.15) is 36.5 Å². The molecule has 4 nitrogen and oxygen atoms in total. The van der Waals surface area contributed by atoms with Crippen molar-refractivity contribution in [3.8, 4) is 5.75 Å². The smallest absolute Gasteiger partial charge is 0.252 e. The van der Waals surface area contributed by atoms with Crippen LogP contribution < -0.4 is 10.6 Å². The second-order valence-electron chi connectivity index (χ2n) is 5.25. The predicted molar refractivity (Wildman–Crippen MR) is 80.3 cm³/mol. The van der Waals surface area contributed by atoms with E-state index in [1.807, 2.05) is 0 Å². The molecule has 0 aliphatic carbocycles. The number of amides is 1. The highest BCUT2D eigenvalue weighted by atomic mass is 35.5. The minimum absolute atomic E-state index is 0.0433. The SMILES string of the molecule is CCC1CCCNC1CNC(=O)c1cc(O)ccc1Cl. The summed E-state index contributed by atoms with van der Waals surface area (Å²) >= 11 is 5.98. The van der Waals surface area contributed by atoms with Gasteiger partial charge in [0.05, 0.1) is 10.6 Å². The van der Waals surface area contributed by atoms with Crippen molar-refractivity contribution in [1.29, 1.82) is 0 Å². The summed E-state index contributed by atoms with van der Waals surface area (Å²) in [5, 5.41) is 16.1. The molecule has 0 aromatic heterocycles. The standard InChI is InChI=1S/C15H21ClN2O2/c1-2-10-4-3-7-17-14(10)9-18-15(20)12-8-11(19)5-6-13(12)16/h5-6,8,10,14,17,19H,2-4,7,9H2,1H3,(H,18,20). The number of benzene rings is 1. The summed E-state index contributed by atoms with van der Waals surface area (Å²) in [5.74, 6) is 0.401. The van der Waals surface area contributed by atoms with Gasteiger partial charge in [0, 0.05) is 12.6 Å². The van der Waals surface area contributed by atoms with E-state index in [2.05, 4.69) is 17.6 Å². The molecule has 1 aliphatic heterocycles. The van der Waals surface area contributed by atoms with Gasteiger partial charge in [0.1, 0.15) is 5.75 Å². The van der Waals surface area contributed by atoms with Gasteiger partial charge in [-0.1, -0.05) is 24.9 Å². The van der Waals surface area contributed by atoms with Gasteiger partial charge < -0.3 is 15.7 Å². The lowest BCUT2D eigenvalue weighted by atomic mass is 9.88. The quantitative estimate of drug-likeness (QED) is 0.800. The van der Waals surface area contributed by atoms with Gasteiger partial charge in [-0.25, -0.2) is 0 Å². The number of aromatic hydroxyl groups is 1. The van der Waals surface area contributed by atoms with Gasteiger partial charge in [0.2, 0.25) is 0 Å². The Kier molecular flexibility index (Phi) is 5.26. The van der Waals surface area contributed by atoms with Crippen LogP contribution in [0.25, 0.3) is 0 Å². The van der Waals surface area contributed by atoms with E-state index in [0.29, 0.717) is 29.1 Å². The highest BCUT2D eigenvalue weighted by Crippen LogP contribution is 2.22. The lowest BCUT2D eigenvalue weighted by Gasteiger charge is -2.32. The molecular weight excluding hydrogens is 276 g/mol. The minimum atomic E-state index is -0.242. The van der Waals surface area contributed by atoms with E-state index < -0.39 is 0 Å².